The van der Waals surface area contributed by atoms with E-state index in [1.807, 2.05) is 17.5 Å². The molecule has 0 fully saturated rings. The van der Waals surface area contributed by atoms with Gasteiger partial charge in [0.1, 0.15) is 0 Å². The zero-order valence-electron chi connectivity index (χ0n) is 13.3. The van der Waals surface area contributed by atoms with E-state index in [-0.39, 0.29) is 25.2 Å². The third-order valence-corrected chi connectivity index (χ3v) is 4.91. The number of benzene rings is 1. The molecule has 124 valence electrons. The van der Waals surface area contributed by atoms with E-state index >= 15 is 0 Å². The van der Waals surface area contributed by atoms with Crippen molar-refractivity contribution in [2.24, 2.45) is 0 Å². The summed E-state index contributed by atoms with van der Waals surface area (Å²) in [5.41, 5.74) is 3.59. The molecule has 4 nitrogen and oxygen atoms in total. The largest absolute Gasteiger partial charge is 0.395 e. The quantitative estimate of drug-likeness (QED) is 0.699. The Morgan fingerprint density at radius 1 is 1.35 bits per heavy atom. The monoisotopic (exact) mass is 350 g/mol. The summed E-state index contributed by atoms with van der Waals surface area (Å²) in [6.07, 6.45) is 0.694. The first-order valence-corrected chi connectivity index (χ1v) is 8.76. The van der Waals surface area contributed by atoms with Crippen LogP contribution in [0.3, 0.4) is 0 Å². The summed E-state index contributed by atoms with van der Waals surface area (Å²) < 4.78 is 1.42. The van der Waals surface area contributed by atoms with E-state index < -0.39 is 0 Å². The van der Waals surface area contributed by atoms with Crippen molar-refractivity contribution < 1.29 is 9.90 Å². The Hall–Kier alpha value is -1.50. The number of amides is 2. The van der Waals surface area contributed by atoms with E-state index in [9.17, 15) is 4.79 Å². The van der Waals surface area contributed by atoms with Gasteiger partial charge in [-0.1, -0.05) is 48.2 Å². The molecule has 2 amide bonds. The van der Waals surface area contributed by atoms with Crippen LogP contribution in [-0.2, 0) is 6.42 Å². The standard InChI is InChI=1S/C17H22N2O2S2/c1-12-8-13(2)10-14(9-12)11-15(16-4-3-7-23-16)19(22)17(21)18-5-6-20/h3-4,7-10,15,20,22H,5-6,11H2,1-2H3,(H,18,21). The van der Waals surface area contributed by atoms with Gasteiger partial charge < -0.3 is 10.4 Å². The van der Waals surface area contributed by atoms with Crippen LogP contribution in [0.1, 0.15) is 27.6 Å². The van der Waals surface area contributed by atoms with Crippen LogP contribution in [0.2, 0.25) is 0 Å². The van der Waals surface area contributed by atoms with Gasteiger partial charge in [0.15, 0.2) is 0 Å². The molecule has 0 saturated carbocycles. The highest BCUT2D eigenvalue weighted by molar-refractivity contribution is 7.78. The highest BCUT2D eigenvalue weighted by Crippen LogP contribution is 2.30. The fraction of sp³-hybridized carbons (Fsp3) is 0.353. The number of aliphatic hydroxyl groups is 1. The van der Waals surface area contributed by atoms with Crippen molar-refractivity contribution in [1.29, 1.82) is 0 Å². The number of aliphatic hydroxyl groups excluding tert-OH is 1. The number of nitrogens with one attached hydrogen (secondary N) is 1. The van der Waals surface area contributed by atoms with Gasteiger partial charge in [-0.2, -0.15) is 0 Å². The molecule has 2 aromatic rings. The number of hydrogen-bond acceptors (Lipinski definition) is 4. The van der Waals surface area contributed by atoms with Crippen LogP contribution in [0.25, 0.3) is 0 Å². The first kappa shape index (κ1) is 17.8. The Bertz CT molecular complexity index is 624. The minimum Gasteiger partial charge on any atom is -0.395 e. The van der Waals surface area contributed by atoms with Crippen LogP contribution >= 0.6 is 24.2 Å². The van der Waals surface area contributed by atoms with Crippen molar-refractivity contribution in [3.05, 3.63) is 57.3 Å². The first-order valence-electron chi connectivity index (χ1n) is 7.48. The van der Waals surface area contributed by atoms with Crippen LogP contribution in [-0.4, -0.2) is 28.6 Å². The molecular formula is C17H22N2O2S2. The lowest BCUT2D eigenvalue weighted by Gasteiger charge is -2.26. The summed E-state index contributed by atoms with van der Waals surface area (Å²) in [5, 5.41) is 13.5. The van der Waals surface area contributed by atoms with Crippen molar-refractivity contribution in [2.75, 3.05) is 13.2 Å². The molecule has 1 unspecified atom stereocenters. The average molecular weight is 351 g/mol. The maximum atomic E-state index is 12.2. The molecule has 0 aliphatic carbocycles. The number of carbonyl (C=O) groups is 1. The van der Waals surface area contributed by atoms with Gasteiger partial charge in [0.25, 0.3) is 0 Å². The second-order valence-electron chi connectivity index (χ2n) is 5.53. The Balaban J connectivity index is 2.22. The highest BCUT2D eigenvalue weighted by Gasteiger charge is 2.24. The molecule has 23 heavy (non-hydrogen) atoms. The molecule has 0 aliphatic rings. The molecule has 6 heteroatoms. The molecule has 1 atom stereocenters. The molecule has 1 heterocycles. The molecule has 2 N–H and O–H groups in total. The van der Waals surface area contributed by atoms with Gasteiger partial charge in [0.2, 0.25) is 0 Å². The molecule has 1 aromatic heterocycles. The van der Waals surface area contributed by atoms with E-state index in [1.54, 1.807) is 11.3 Å². The molecule has 2 rings (SSSR count). The number of urea groups is 1. The van der Waals surface area contributed by atoms with Gasteiger partial charge in [-0.05, 0) is 37.3 Å². The number of thiophene rings is 1. The average Bonchev–Trinajstić information content (AvgIpc) is 3.02. The molecule has 0 spiro atoms. The maximum absolute atomic E-state index is 12.2. The van der Waals surface area contributed by atoms with E-state index in [0.717, 1.165) is 4.88 Å². The number of rotatable bonds is 6. The Kier molecular flexibility index (Phi) is 6.50. The zero-order chi connectivity index (χ0) is 16.8. The third-order valence-electron chi connectivity index (χ3n) is 3.47. The number of hydrogen-bond donors (Lipinski definition) is 3. The zero-order valence-corrected chi connectivity index (χ0v) is 15.0. The third kappa shape index (κ3) is 4.99. The minimum absolute atomic E-state index is 0.0892. The van der Waals surface area contributed by atoms with E-state index in [4.69, 9.17) is 5.11 Å². The Labute approximate surface area is 146 Å². The van der Waals surface area contributed by atoms with Crippen LogP contribution in [0, 0.1) is 13.8 Å². The predicted molar refractivity (Wildman–Crippen MR) is 98.0 cm³/mol. The van der Waals surface area contributed by atoms with E-state index in [2.05, 4.69) is 50.2 Å². The van der Waals surface area contributed by atoms with E-state index in [1.165, 1.54) is 21.0 Å². The normalized spacial score (nSPS) is 12.0. The summed E-state index contributed by atoms with van der Waals surface area (Å²) in [4.78, 5) is 13.3. The predicted octanol–water partition coefficient (Wildman–Crippen LogP) is 3.50. The van der Waals surface area contributed by atoms with Crippen LogP contribution in [0.5, 0.6) is 0 Å². The van der Waals surface area contributed by atoms with Crippen LogP contribution in [0.4, 0.5) is 4.79 Å². The summed E-state index contributed by atoms with van der Waals surface area (Å²) in [6, 6.07) is 9.95. The topological polar surface area (TPSA) is 52.6 Å². The highest BCUT2D eigenvalue weighted by atomic mass is 32.1. The molecule has 0 saturated heterocycles. The second-order valence-corrected chi connectivity index (χ2v) is 6.94. The fourth-order valence-corrected chi connectivity index (χ4v) is 3.76. The molecule has 0 radical (unpaired) electrons. The number of thiol groups is 1. The van der Waals surface area contributed by atoms with Crippen molar-refractivity contribution in [1.82, 2.24) is 9.62 Å². The fourth-order valence-electron chi connectivity index (χ4n) is 2.58. The second kappa shape index (κ2) is 8.38. The van der Waals surface area contributed by atoms with Crippen molar-refractivity contribution in [3.8, 4) is 0 Å². The lowest BCUT2D eigenvalue weighted by atomic mass is 10.0. The first-order chi connectivity index (χ1) is 11.0. The Morgan fingerprint density at radius 3 is 2.61 bits per heavy atom. The summed E-state index contributed by atoms with van der Waals surface area (Å²) >= 11 is 6.02. The number of nitrogens with zero attached hydrogens (tertiary/aromatic N) is 1. The number of aryl methyl sites for hydroxylation is 2. The van der Waals surface area contributed by atoms with Gasteiger partial charge >= 0.3 is 6.03 Å². The van der Waals surface area contributed by atoms with Gasteiger partial charge in [-0.15, -0.1) is 11.3 Å². The molecule has 0 bridgehead atoms. The summed E-state index contributed by atoms with van der Waals surface area (Å²) in [5.74, 6) is 0. The smallest absolute Gasteiger partial charge is 0.327 e. The summed E-state index contributed by atoms with van der Waals surface area (Å²) in [7, 11) is 0. The minimum atomic E-state index is -0.301. The van der Waals surface area contributed by atoms with Crippen molar-refractivity contribution in [2.45, 2.75) is 26.3 Å². The van der Waals surface area contributed by atoms with Crippen molar-refractivity contribution in [3.63, 3.8) is 0 Å². The number of carbonyl (C=O) groups excluding carboxylic acids is 1. The van der Waals surface area contributed by atoms with E-state index in [0.29, 0.717) is 6.42 Å². The summed E-state index contributed by atoms with van der Waals surface area (Å²) in [6.45, 7) is 4.27. The van der Waals surface area contributed by atoms with Crippen molar-refractivity contribution >= 4 is 30.2 Å². The Morgan fingerprint density at radius 2 is 2.04 bits per heavy atom. The van der Waals surface area contributed by atoms with Crippen LogP contribution < -0.4 is 5.32 Å². The lowest BCUT2D eigenvalue weighted by Crippen LogP contribution is -2.38. The molecule has 1 aromatic carbocycles. The molecular weight excluding hydrogens is 328 g/mol. The van der Waals surface area contributed by atoms with Gasteiger partial charge in [-0.25, -0.2) is 4.79 Å². The lowest BCUT2D eigenvalue weighted by molar-refractivity contribution is 0.211. The van der Waals surface area contributed by atoms with Gasteiger partial charge in [-0.3, -0.25) is 4.31 Å². The molecule has 0 aliphatic heterocycles. The SMILES string of the molecule is Cc1cc(C)cc(CC(c2cccs2)N(S)C(=O)NCCO)c1. The van der Waals surface area contributed by atoms with Crippen LogP contribution in [0.15, 0.2) is 35.7 Å². The maximum Gasteiger partial charge on any atom is 0.327 e. The van der Waals surface area contributed by atoms with Gasteiger partial charge in [0.05, 0.1) is 12.6 Å². The van der Waals surface area contributed by atoms with Gasteiger partial charge in [0, 0.05) is 11.4 Å².